The van der Waals surface area contributed by atoms with Crippen LogP contribution in [0, 0.1) is 0 Å². The lowest BCUT2D eigenvalue weighted by Gasteiger charge is -2.36. The fourth-order valence-electron chi connectivity index (χ4n) is 2.34. The number of piperazine rings is 1. The summed E-state index contributed by atoms with van der Waals surface area (Å²) in [7, 11) is 1.70. The summed E-state index contributed by atoms with van der Waals surface area (Å²) in [4.78, 5) is 4.89. The molecule has 0 radical (unpaired) electrons. The van der Waals surface area contributed by atoms with E-state index in [0.29, 0.717) is 0 Å². The van der Waals surface area contributed by atoms with Crippen molar-refractivity contribution in [1.82, 2.24) is 4.90 Å². The number of nitrogens with zero attached hydrogens (tertiary/aromatic N) is 2. The van der Waals surface area contributed by atoms with E-state index in [9.17, 15) is 0 Å². The van der Waals surface area contributed by atoms with Gasteiger partial charge in [-0.05, 0) is 31.2 Å². The molecule has 1 heterocycles. The van der Waals surface area contributed by atoms with Gasteiger partial charge in [0.05, 0.1) is 7.11 Å². The maximum absolute atomic E-state index is 5.18. The first-order valence-electron chi connectivity index (χ1n) is 6.45. The Balaban J connectivity index is 1.90. The maximum Gasteiger partial charge on any atom is 0.119 e. The van der Waals surface area contributed by atoms with E-state index < -0.39 is 0 Å². The van der Waals surface area contributed by atoms with Gasteiger partial charge in [0.15, 0.2) is 0 Å². The van der Waals surface area contributed by atoms with Crippen LogP contribution in [0.25, 0.3) is 0 Å². The molecule has 3 heteroatoms. The van der Waals surface area contributed by atoms with E-state index >= 15 is 0 Å². The summed E-state index contributed by atoms with van der Waals surface area (Å²) in [6.07, 6.45) is 0. The minimum Gasteiger partial charge on any atom is -0.497 e. The number of anilines is 1. The Hall–Kier alpha value is -1.48. The van der Waals surface area contributed by atoms with Crippen molar-refractivity contribution in [3.8, 4) is 5.75 Å². The molecule has 1 aliphatic rings. The van der Waals surface area contributed by atoms with Crippen LogP contribution in [0.3, 0.4) is 0 Å². The molecule has 2 rings (SSSR count). The van der Waals surface area contributed by atoms with Crippen LogP contribution in [0.4, 0.5) is 5.69 Å². The van der Waals surface area contributed by atoms with Crippen molar-refractivity contribution in [1.29, 1.82) is 0 Å². The van der Waals surface area contributed by atoms with E-state index in [-0.39, 0.29) is 0 Å². The van der Waals surface area contributed by atoms with Crippen molar-refractivity contribution in [2.75, 3.05) is 44.7 Å². The van der Waals surface area contributed by atoms with E-state index in [2.05, 4.69) is 35.4 Å². The van der Waals surface area contributed by atoms with E-state index in [1.165, 1.54) is 11.3 Å². The standard InChI is InChI=1S/C15H22N2O/c1-13(2)12-16-8-10-17(11-9-16)14-4-6-15(18-3)7-5-14/h4-7H,1,8-12H2,2-3H3. The Morgan fingerprint density at radius 2 is 1.78 bits per heavy atom. The molecule has 0 amide bonds. The molecule has 98 valence electrons. The van der Waals surface area contributed by atoms with E-state index in [1.807, 2.05) is 12.1 Å². The van der Waals surface area contributed by atoms with Gasteiger partial charge in [0.2, 0.25) is 0 Å². The lowest BCUT2D eigenvalue weighted by molar-refractivity contribution is 0.278. The van der Waals surface area contributed by atoms with Gasteiger partial charge in [0.25, 0.3) is 0 Å². The van der Waals surface area contributed by atoms with Crippen molar-refractivity contribution < 1.29 is 4.74 Å². The van der Waals surface area contributed by atoms with Gasteiger partial charge < -0.3 is 9.64 Å². The zero-order valence-corrected chi connectivity index (χ0v) is 11.4. The van der Waals surface area contributed by atoms with Crippen LogP contribution >= 0.6 is 0 Å². The van der Waals surface area contributed by atoms with Crippen LogP contribution in [0.1, 0.15) is 6.92 Å². The van der Waals surface area contributed by atoms with Crippen molar-refractivity contribution in [2.45, 2.75) is 6.92 Å². The van der Waals surface area contributed by atoms with Crippen LogP contribution in [0.5, 0.6) is 5.75 Å². The second kappa shape index (κ2) is 5.91. The molecule has 0 aromatic heterocycles. The molecule has 3 nitrogen and oxygen atoms in total. The van der Waals surface area contributed by atoms with Gasteiger partial charge in [0.1, 0.15) is 5.75 Å². The minimum atomic E-state index is 0.916. The van der Waals surface area contributed by atoms with Gasteiger partial charge in [-0.2, -0.15) is 0 Å². The maximum atomic E-state index is 5.18. The number of rotatable bonds is 4. The van der Waals surface area contributed by atoms with Crippen LogP contribution in [0.15, 0.2) is 36.4 Å². The van der Waals surface area contributed by atoms with Crippen LogP contribution in [-0.4, -0.2) is 44.7 Å². The molecule has 0 bridgehead atoms. The number of ether oxygens (including phenoxy) is 1. The summed E-state index contributed by atoms with van der Waals surface area (Å²) in [6.45, 7) is 11.5. The fourth-order valence-corrected chi connectivity index (χ4v) is 2.34. The first kappa shape index (κ1) is 13.0. The molecule has 0 unspecified atom stereocenters. The summed E-state index contributed by atoms with van der Waals surface area (Å²) >= 11 is 0. The number of hydrogen-bond acceptors (Lipinski definition) is 3. The highest BCUT2D eigenvalue weighted by molar-refractivity contribution is 5.49. The van der Waals surface area contributed by atoms with Gasteiger partial charge in [-0.15, -0.1) is 0 Å². The number of benzene rings is 1. The van der Waals surface area contributed by atoms with Crippen LogP contribution in [0.2, 0.25) is 0 Å². The Labute approximate surface area is 110 Å². The normalized spacial score (nSPS) is 16.7. The molecule has 0 atom stereocenters. The molecule has 1 fully saturated rings. The van der Waals surface area contributed by atoms with Crippen molar-refractivity contribution in [2.24, 2.45) is 0 Å². The van der Waals surface area contributed by atoms with Crippen molar-refractivity contribution >= 4 is 5.69 Å². The van der Waals surface area contributed by atoms with E-state index in [4.69, 9.17) is 4.74 Å². The summed E-state index contributed by atoms with van der Waals surface area (Å²) in [5, 5.41) is 0. The van der Waals surface area contributed by atoms with Crippen molar-refractivity contribution in [3.05, 3.63) is 36.4 Å². The van der Waals surface area contributed by atoms with Crippen molar-refractivity contribution in [3.63, 3.8) is 0 Å². The predicted octanol–water partition coefficient (Wildman–Crippen LogP) is 2.39. The van der Waals surface area contributed by atoms with Crippen LogP contribution in [-0.2, 0) is 0 Å². The SMILES string of the molecule is C=C(C)CN1CCN(c2ccc(OC)cc2)CC1. The van der Waals surface area contributed by atoms with E-state index in [0.717, 1.165) is 38.5 Å². The smallest absolute Gasteiger partial charge is 0.119 e. The third-order valence-corrected chi connectivity index (χ3v) is 3.30. The van der Waals surface area contributed by atoms with Gasteiger partial charge in [-0.3, -0.25) is 4.90 Å². The van der Waals surface area contributed by atoms with Crippen LogP contribution < -0.4 is 9.64 Å². The molecule has 1 aromatic carbocycles. The molecule has 1 saturated heterocycles. The average Bonchev–Trinajstić information content (AvgIpc) is 2.39. The first-order valence-corrected chi connectivity index (χ1v) is 6.45. The fraction of sp³-hybridized carbons (Fsp3) is 0.467. The quantitative estimate of drug-likeness (QED) is 0.759. The second-order valence-corrected chi connectivity index (χ2v) is 4.92. The number of hydrogen-bond donors (Lipinski definition) is 0. The Bertz CT molecular complexity index is 391. The zero-order valence-electron chi connectivity index (χ0n) is 11.4. The van der Waals surface area contributed by atoms with Gasteiger partial charge in [0, 0.05) is 38.4 Å². The molecule has 0 aliphatic carbocycles. The second-order valence-electron chi connectivity index (χ2n) is 4.92. The lowest BCUT2D eigenvalue weighted by atomic mass is 10.2. The highest BCUT2D eigenvalue weighted by Crippen LogP contribution is 2.20. The summed E-state index contributed by atoms with van der Waals surface area (Å²) in [5.41, 5.74) is 2.53. The predicted molar refractivity (Wildman–Crippen MR) is 76.5 cm³/mol. The highest BCUT2D eigenvalue weighted by atomic mass is 16.5. The number of methoxy groups -OCH3 is 1. The van der Waals surface area contributed by atoms with Gasteiger partial charge in [-0.1, -0.05) is 12.2 Å². The Morgan fingerprint density at radius 3 is 2.28 bits per heavy atom. The zero-order chi connectivity index (χ0) is 13.0. The molecule has 0 spiro atoms. The minimum absolute atomic E-state index is 0.916. The van der Waals surface area contributed by atoms with Gasteiger partial charge >= 0.3 is 0 Å². The molecule has 1 aromatic rings. The molecule has 18 heavy (non-hydrogen) atoms. The van der Waals surface area contributed by atoms with E-state index in [1.54, 1.807) is 7.11 Å². The highest BCUT2D eigenvalue weighted by Gasteiger charge is 2.16. The average molecular weight is 246 g/mol. The Kier molecular flexibility index (Phi) is 4.26. The molecule has 1 aliphatic heterocycles. The molecular formula is C15H22N2O. The summed E-state index contributed by atoms with van der Waals surface area (Å²) in [6, 6.07) is 8.31. The molecule has 0 saturated carbocycles. The third-order valence-electron chi connectivity index (χ3n) is 3.30. The largest absolute Gasteiger partial charge is 0.497 e. The topological polar surface area (TPSA) is 15.7 Å². The lowest BCUT2D eigenvalue weighted by Crippen LogP contribution is -2.46. The molecular weight excluding hydrogens is 224 g/mol. The molecule has 0 N–H and O–H groups in total. The third kappa shape index (κ3) is 3.26. The Morgan fingerprint density at radius 1 is 1.17 bits per heavy atom. The summed E-state index contributed by atoms with van der Waals surface area (Å²) in [5.74, 6) is 0.916. The first-order chi connectivity index (χ1) is 8.69. The van der Waals surface area contributed by atoms with Gasteiger partial charge in [-0.25, -0.2) is 0 Å². The monoisotopic (exact) mass is 246 g/mol. The summed E-state index contributed by atoms with van der Waals surface area (Å²) < 4.78 is 5.18.